The summed E-state index contributed by atoms with van der Waals surface area (Å²) in [7, 11) is 0. The van der Waals surface area contributed by atoms with Gasteiger partial charge < -0.3 is 30.8 Å². The maximum absolute atomic E-state index is 9.00. The van der Waals surface area contributed by atoms with Crippen molar-refractivity contribution in [3.05, 3.63) is 0 Å². The summed E-state index contributed by atoms with van der Waals surface area (Å²) in [6, 6.07) is 0. The van der Waals surface area contributed by atoms with E-state index >= 15 is 0 Å². The lowest BCUT2D eigenvalue weighted by Crippen LogP contribution is -2.21. The second kappa shape index (κ2) is 25.2. The zero-order valence-corrected chi connectivity index (χ0v) is 11.3. The molecule has 6 N–H and O–H groups in total. The molecule has 0 aliphatic carbocycles. The maximum atomic E-state index is 9.00. The highest BCUT2D eigenvalue weighted by Gasteiger charge is 1.78. The maximum Gasteiger partial charge on any atom is 0.300 e. The molecule has 116 valence electrons. The molecule has 9 heteroatoms. The third-order valence-electron chi connectivity index (χ3n) is 0.577. The van der Waals surface area contributed by atoms with Crippen LogP contribution in [0.25, 0.3) is 0 Å². The topological polar surface area (TPSA) is 164 Å². The second-order valence-electron chi connectivity index (χ2n) is 2.75. The smallest absolute Gasteiger partial charge is 0.300 e. The van der Waals surface area contributed by atoms with Gasteiger partial charge in [-0.3, -0.25) is 14.4 Å². The highest BCUT2D eigenvalue weighted by Crippen LogP contribution is 1.54. The summed E-state index contributed by atoms with van der Waals surface area (Å²) in [5.74, 6) is -2.50. The van der Waals surface area contributed by atoms with Crippen molar-refractivity contribution in [2.75, 3.05) is 26.3 Å². The molecule has 9 nitrogen and oxygen atoms in total. The number of hydrogen-bond acceptors (Lipinski definition) is 6. The largest absolute Gasteiger partial charge is 0.481 e. The van der Waals surface area contributed by atoms with Gasteiger partial charge >= 0.3 is 0 Å². The van der Waals surface area contributed by atoms with Crippen LogP contribution in [0.1, 0.15) is 20.8 Å². The summed E-state index contributed by atoms with van der Waals surface area (Å²) in [4.78, 5) is 27.0. The Kier molecular flexibility index (Phi) is 34.5. The number of hydrogen-bond donors (Lipinski definition) is 6. The van der Waals surface area contributed by atoms with Gasteiger partial charge in [0.25, 0.3) is 17.9 Å². The van der Waals surface area contributed by atoms with Crippen LogP contribution < -0.4 is 5.32 Å². The number of carbonyl (C=O) groups is 3. The Morgan fingerprint density at radius 3 is 1.00 bits per heavy atom. The van der Waals surface area contributed by atoms with E-state index in [1.165, 1.54) is 0 Å². The van der Waals surface area contributed by atoms with Gasteiger partial charge in [-0.1, -0.05) is 0 Å². The van der Waals surface area contributed by atoms with Gasteiger partial charge in [-0.25, -0.2) is 0 Å². The van der Waals surface area contributed by atoms with Crippen LogP contribution in [0.5, 0.6) is 0 Å². The minimum Gasteiger partial charge on any atom is -0.481 e. The number of aliphatic carboxylic acids is 3. The van der Waals surface area contributed by atoms with Crippen molar-refractivity contribution in [1.82, 2.24) is 5.32 Å². The van der Waals surface area contributed by atoms with Crippen LogP contribution in [0.15, 0.2) is 0 Å². The van der Waals surface area contributed by atoms with Crippen LogP contribution >= 0.6 is 0 Å². The van der Waals surface area contributed by atoms with Gasteiger partial charge in [-0.05, 0) is 0 Å². The predicted octanol–water partition coefficient (Wildman–Crippen LogP) is -1.17. The van der Waals surface area contributed by atoms with E-state index in [-0.39, 0.29) is 13.2 Å². The van der Waals surface area contributed by atoms with E-state index in [0.717, 1.165) is 20.8 Å². The summed E-state index contributed by atoms with van der Waals surface area (Å²) >= 11 is 0. The van der Waals surface area contributed by atoms with Gasteiger partial charge in [0, 0.05) is 33.9 Å². The molecule has 0 aromatic rings. The van der Waals surface area contributed by atoms with Crippen LogP contribution in [-0.2, 0) is 14.4 Å². The first-order valence-corrected chi connectivity index (χ1v) is 5.12. The molecule has 0 aliphatic rings. The van der Waals surface area contributed by atoms with Gasteiger partial charge in [-0.15, -0.1) is 0 Å². The van der Waals surface area contributed by atoms with E-state index in [4.69, 9.17) is 39.9 Å². The summed E-state index contributed by atoms with van der Waals surface area (Å²) in [6.45, 7) is 4.67. The molecule has 19 heavy (non-hydrogen) atoms. The number of aliphatic hydroxyl groups excluding tert-OH is 2. The van der Waals surface area contributed by atoms with Crippen LogP contribution in [0.2, 0.25) is 0 Å². The Balaban J connectivity index is -0.0000000825. The van der Waals surface area contributed by atoms with E-state index in [1.807, 2.05) is 0 Å². The van der Waals surface area contributed by atoms with Gasteiger partial charge in [0.1, 0.15) is 0 Å². The molecule has 0 unspecified atom stereocenters. The molecular formula is C10H23NO8. The summed E-state index contributed by atoms with van der Waals surface area (Å²) in [6.07, 6.45) is 0. The molecule has 0 aliphatic heterocycles. The Bertz CT molecular complexity index is 175. The van der Waals surface area contributed by atoms with Crippen molar-refractivity contribution in [3.63, 3.8) is 0 Å². The molecule has 0 amide bonds. The van der Waals surface area contributed by atoms with Crippen molar-refractivity contribution in [2.24, 2.45) is 0 Å². The molecule has 0 bridgehead atoms. The Morgan fingerprint density at radius 2 is 0.895 bits per heavy atom. The first-order valence-electron chi connectivity index (χ1n) is 5.12. The van der Waals surface area contributed by atoms with E-state index in [2.05, 4.69) is 5.32 Å². The monoisotopic (exact) mass is 285 g/mol. The first-order chi connectivity index (χ1) is 8.61. The van der Waals surface area contributed by atoms with Gasteiger partial charge in [0.2, 0.25) is 0 Å². The van der Waals surface area contributed by atoms with Gasteiger partial charge in [0.05, 0.1) is 13.2 Å². The van der Waals surface area contributed by atoms with Crippen molar-refractivity contribution in [3.8, 4) is 0 Å². The number of rotatable bonds is 4. The molecule has 0 radical (unpaired) electrons. The molecule has 0 rings (SSSR count). The molecular weight excluding hydrogens is 262 g/mol. The van der Waals surface area contributed by atoms with E-state index in [1.54, 1.807) is 0 Å². The van der Waals surface area contributed by atoms with Crippen LogP contribution in [-0.4, -0.2) is 69.7 Å². The van der Waals surface area contributed by atoms with Crippen molar-refractivity contribution in [2.45, 2.75) is 20.8 Å². The number of nitrogens with one attached hydrogen (secondary N) is 1. The number of aliphatic hydroxyl groups is 2. The average Bonchev–Trinajstić information content (AvgIpc) is 2.15. The molecule has 0 saturated heterocycles. The molecule has 0 aromatic carbocycles. The Labute approximate surface area is 111 Å². The second-order valence-corrected chi connectivity index (χ2v) is 2.75. The third kappa shape index (κ3) is 634. The fraction of sp³-hybridized carbons (Fsp3) is 0.700. The average molecular weight is 285 g/mol. The van der Waals surface area contributed by atoms with Crippen LogP contribution in [0.3, 0.4) is 0 Å². The molecule has 0 spiro atoms. The standard InChI is InChI=1S/C4H11NO2.3C2H4O2/c6-3-1-5-2-4-7;3*1-2(3)4/h5-7H,1-4H2;3*1H3,(H,3,4). The Hall–Kier alpha value is -1.71. The minimum absolute atomic E-state index is 0.139. The van der Waals surface area contributed by atoms with E-state index in [9.17, 15) is 0 Å². The number of carboxylic acids is 3. The first kappa shape index (κ1) is 26.0. The van der Waals surface area contributed by atoms with Gasteiger partial charge in [-0.2, -0.15) is 0 Å². The zero-order chi connectivity index (χ0) is 16.3. The lowest BCUT2D eigenvalue weighted by atomic mass is 10.6. The highest BCUT2D eigenvalue weighted by atomic mass is 16.4. The van der Waals surface area contributed by atoms with Crippen LogP contribution in [0.4, 0.5) is 0 Å². The molecule has 0 aromatic heterocycles. The normalized spacial score (nSPS) is 7.42. The molecule has 0 saturated carbocycles. The summed E-state index contributed by atoms with van der Waals surface area (Å²) < 4.78 is 0. The zero-order valence-electron chi connectivity index (χ0n) is 11.3. The fourth-order valence-corrected chi connectivity index (χ4v) is 0.283. The quantitative estimate of drug-likeness (QED) is 0.349. The Morgan fingerprint density at radius 1 is 0.737 bits per heavy atom. The van der Waals surface area contributed by atoms with E-state index < -0.39 is 17.9 Å². The lowest BCUT2D eigenvalue weighted by molar-refractivity contribution is -0.135. The molecule has 0 fully saturated rings. The molecule has 0 heterocycles. The van der Waals surface area contributed by atoms with Crippen molar-refractivity contribution in [1.29, 1.82) is 0 Å². The minimum atomic E-state index is -0.833. The molecule has 0 atom stereocenters. The third-order valence-corrected chi connectivity index (χ3v) is 0.577. The summed E-state index contributed by atoms with van der Waals surface area (Å²) in [5.41, 5.74) is 0. The highest BCUT2D eigenvalue weighted by molar-refractivity contribution is 5.63. The van der Waals surface area contributed by atoms with Gasteiger partial charge in [0.15, 0.2) is 0 Å². The van der Waals surface area contributed by atoms with Crippen molar-refractivity contribution < 1.29 is 39.9 Å². The van der Waals surface area contributed by atoms with E-state index in [0.29, 0.717) is 13.1 Å². The van der Waals surface area contributed by atoms with Crippen LogP contribution in [0, 0.1) is 0 Å². The predicted molar refractivity (Wildman–Crippen MR) is 67.0 cm³/mol. The van der Waals surface area contributed by atoms with Crippen molar-refractivity contribution >= 4 is 17.9 Å². The lowest BCUT2D eigenvalue weighted by Gasteiger charge is -1.94. The SMILES string of the molecule is CC(=O)O.CC(=O)O.CC(=O)O.OCCNCCO. The number of carboxylic acid groups (broad SMARTS) is 3. The fourth-order valence-electron chi connectivity index (χ4n) is 0.283. The summed E-state index contributed by atoms with van der Waals surface area (Å²) in [5, 5.41) is 41.3.